The summed E-state index contributed by atoms with van der Waals surface area (Å²) in [7, 11) is 0. The number of nitrogens with zero attached hydrogens (tertiary/aromatic N) is 4. The molecule has 2 fully saturated rings. The van der Waals surface area contributed by atoms with Gasteiger partial charge in [0.15, 0.2) is 0 Å². The third kappa shape index (κ3) is 3.69. The van der Waals surface area contributed by atoms with Crippen molar-refractivity contribution in [2.75, 3.05) is 30.3 Å². The van der Waals surface area contributed by atoms with Crippen LogP contribution in [0.4, 0.5) is 11.8 Å². The number of fused-ring (bicyclic) bond motifs is 1. The van der Waals surface area contributed by atoms with Gasteiger partial charge in [0.05, 0.1) is 0 Å². The predicted octanol–water partition coefficient (Wildman–Crippen LogP) is 2.77. The third-order valence-electron chi connectivity index (χ3n) is 6.19. The third-order valence-corrected chi connectivity index (χ3v) is 6.19. The van der Waals surface area contributed by atoms with Crippen molar-refractivity contribution >= 4 is 17.7 Å². The second kappa shape index (κ2) is 7.64. The van der Waals surface area contributed by atoms with Gasteiger partial charge in [0.25, 0.3) is 0 Å². The number of nitrogen functional groups attached to an aromatic ring is 1. The fraction of sp³-hybridized carbons (Fsp3) is 0.650. The predicted molar refractivity (Wildman–Crippen MR) is 103 cm³/mol. The molecule has 3 aliphatic rings. The monoisotopic (exact) mass is 355 g/mol. The number of amides is 1. The molecule has 0 bridgehead atoms. The molecular weight excluding hydrogens is 326 g/mol. The maximum Gasteiger partial charge on any atom is 0.222 e. The molecule has 0 saturated carbocycles. The van der Waals surface area contributed by atoms with Gasteiger partial charge >= 0.3 is 0 Å². The fourth-order valence-corrected chi connectivity index (χ4v) is 4.79. The molecule has 3 heterocycles. The van der Waals surface area contributed by atoms with Crippen LogP contribution in [0.25, 0.3) is 0 Å². The molecule has 2 saturated heterocycles. The summed E-state index contributed by atoms with van der Waals surface area (Å²) in [6, 6.07) is 2.31. The van der Waals surface area contributed by atoms with E-state index in [1.807, 2.05) is 6.07 Å². The summed E-state index contributed by atoms with van der Waals surface area (Å²) in [5.41, 5.74) is 7.30. The fourth-order valence-electron chi connectivity index (χ4n) is 4.79. The van der Waals surface area contributed by atoms with E-state index in [-0.39, 0.29) is 0 Å². The highest BCUT2D eigenvalue weighted by Gasteiger charge is 2.39. The van der Waals surface area contributed by atoms with E-state index in [0.29, 0.717) is 30.2 Å². The number of carbonyl (C=O) groups is 1. The van der Waals surface area contributed by atoms with Gasteiger partial charge in [0.1, 0.15) is 5.82 Å². The Morgan fingerprint density at radius 1 is 1.23 bits per heavy atom. The van der Waals surface area contributed by atoms with Gasteiger partial charge < -0.3 is 15.5 Å². The van der Waals surface area contributed by atoms with Crippen molar-refractivity contribution in [3.05, 3.63) is 23.9 Å². The number of carbonyl (C=O) groups excluding carboxylic acids is 1. The number of hydrogen-bond acceptors (Lipinski definition) is 5. The Morgan fingerprint density at radius 3 is 2.96 bits per heavy atom. The van der Waals surface area contributed by atoms with E-state index in [1.165, 1.54) is 25.7 Å². The number of aromatic nitrogens is 2. The second-order valence-corrected chi connectivity index (χ2v) is 7.82. The minimum absolute atomic E-state index is 0.325. The number of anilines is 2. The van der Waals surface area contributed by atoms with Gasteiger partial charge in [-0.25, -0.2) is 4.98 Å². The Balaban J connectivity index is 1.41. The lowest BCUT2D eigenvalue weighted by Crippen LogP contribution is -2.56. The van der Waals surface area contributed by atoms with Gasteiger partial charge in [0, 0.05) is 38.3 Å². The first kappa shape index (κ1) is 17.3. The van der Waals surface area contributed by atoms with Crippen LogP contribution < -0.4 is 10.6 Å². The Hall–Kier alpha value is -2.11. The largest absolute Gasteiger partial charge is 0.368 e. The van der Waals surface area contributed by atoms with E-state index in [9.17, 15) is 4.79 Å². The second-order valence-electron chi connectivity index (χ2n) is 7.82. The molecule has 140 valence electrons. The summed E-state index contributed by atoms with van der Waals surface area (Å²) in [5, 5.41) is 0. The van der Waals surface area contributed by atoms with Crippen LogP contribution in [-0.4, -0.2) is 46.5 Å². The molecule has 0 unspecified atom stereocenters. The van der Waals surface area contributed by atoms with Crippen molar-refractivity contribution in [2.24, 2.45) is 5.92 Å². The highest BCUT2D eigenvalue weighted by atomic mass is 16.2. The lowest BCUT2D eigenvalue weighted by molar-refractivity contribution is -0.139. The zero-order valence-electron chi connectivity index (χ0n) is 15.4. The molecule has 2 aliphatic heterocycles. The molecule has 0 spiro atoms. The van der Waals surface area contributed by atoms with Crippen LogP contribution in [-0.2, 0) is 4.79 Å². The van der Waals surface area contributed by atoms with Gasteiger partial charge in [-0.05, 0) is 56.9 Å². The smallest absolute Gasteiger partial charge is 0.222 e. The highest BCUT2D eigenvalue weighted by Crippen LogP contribution is 2.33. The van der Waals surface area contributed by atoms with E-state index < -0.39 is 0 Å². The topological polar surface area (TPSA) is 75.3 Å². The average Bonchev–Trinajstić information content (AvgIpc) is 2.68. The molecule has 1 amide bonds. The first-order chi connectivity index (χ1) is 12.7. The van der Waals surface area contributed by atoms with Gasteiger partial charge in [-0.1, -0.05) is 11.6 Å². The average molecular weight is 355 g/mol. The molecule has 2 atom stereocenters. The van der Waals surface area contributed by atoms with Gasteiger partial charge in [-0.2, -0.15) is 4.98 Å². The van der Waals surface area contributed by atoms with Crippen LogP contribution in [0.2, 0.25) is 0 Å². The zero-order valence-corrected chi connectivity index (χ0v) is 15.4. The molecule has 1 aliphatic carbocycles. The summed E-state index contributed by atoms with van der Waals surface area (Å²) >= 11 is 0. The quantitative estimate of drug-likeness (QED) is 0.841. The van der Waals surface area contributed by atoms with Gasteiger partial charge in [0.2, 0.25) is 11.9 Å². The molecule has 2 N–H and O–H groups in total. The number of nitrogens with two attached hydrogens (primary N) is 1. The van der Waals surface area contributed by atoms with Crippen molar-refractivity contribution in [3.8, 4) is 0 Å². The highest BCUT2D eigenvalue weighted by molar-refractivity contribution is 5.77. The van der Waals surface area contributed by atoms with Crippen LogP contribution in [0, 0.1) is 5.92 Å². The van der Waals surface area contributed by atoms with Crippen molar-refractivity contribution in [2.45, 2.75) is 57.4 Å². The Kier molecular flexibility index (Phi) is 5.09. The number of allylic oxidation sites excluding steroid dienone is 1. The standard InChI is InChI=1S/C20H29N5O/c21-20-22-11-8-18(23-20)24-12-10-17-16(14-24)6-7-19(26)25(17)13-9-15-4-2-1-3-5-15/h4,8,11,16-17H,1-3,5-7,9-10,12-14H2,(H2,21,22,23)/t16-,17+/m1/s1. The summed E-state index contributed by atoms with van der Waals surface area (Å²) < 4.78 is 0. The minimum Gasteiger partial charge on any atom is -0.368 e. The minimum atomic E-state index is 0.325. The van der Waals surface area contributed by atoms with Crippen LogP contribution in [0.1, 0.15) is 51.4 Å². The molecule has 6 heteroatoms. The lowest BCUT2D eigenvalue weighted by Gasteiger charge is -2.47. The van der Waals surface area contributed by atoms with E-state index in [1.54, 1.807) is 11.8 Å². The maximum absolute atomic E-state index is 12.6. The van der Waals surface area contributed by atoms with Crippen molar-refractivity contribution in [1.82, 2.24) is 14.9 Å². The number of likely N-dealkylation sites (tertiary alicyclic amines) is 1. The zero-order chi connectivity index (χ0) is 17.9. The van der Waals surface area contributed by atoms with E-state index >= 15 is 0 Å². The lowest BCUT2D eigenvalue weighted by atomic mass is 9.83. The molecule has 1 aromatic rings. The molecule has 4 rings (SSSR count). The number of rotatable bonds is 4. The van der Waals surface area contributed by atoms with E-state index in [4.69, 9.17) is 5.73 Å². The van der Waals surface area contributed by atoms with Crippen molar-refractivity contribution in [3.63, 3.8) is 0 Å². The van der Waals surface area contributed by atoms with Crippen LogP contribution in [0.15, 0.2) is 23.9 Å². The summed E-state index contributed by atoms with van der Waals surface area (Å²) in [6.45, 7) is 2.77. The molecule has 0 aromatic carbocycles. The summed E-state index contributed by atoms with van der Waals surface area (Å²) in [5.74, 6) is 2.11. The summed E-state index contributed by atoms with van der Waals surface area (Å²) in [4.78, 5) is 25.4. The van der Waals surface area contributed by atoms with E-state index in [0.717, 1.165) is 44.7 Å². The molecule has 26 heavy (non-hydrogen) atoms. The van der Waals surface area contributed by atoms with Crippen LogP contribution in [0.3, 0.4) is 0 Å². The van der Waals surface area contributed by atoms with E-state index in [2.05, 4.69) is 25.8 Å². The molecule has 0 radical (unpaired) electrons. The first-order valence-electron chi connectivity index (χ1n) is 10.0. The van der Waals surface area contributed by atoms with Crippen LogP contribution >= 0.6 is 0 Å². The normalized spacial score (nSPS) is 26.5. The Bertz CT molecular complexity index is 689. The molecule has 6 nitrogen and oxygen atoms in total. The van der Waals surface area contributed by atoms with Crippen molar-refractivity contribution < 1.29 is 4.79 Å². The molecule has 1 aromatic heterocycles. The Morgan fingerprint density at radius 2 is 2.15 bits per heavy atom. The van der Waals surface area contributed by atoms with Crippen molar-refractivity contribution in [1.29, 1.82) is 0 Å². The van der Waals surface area contributed by atoms with Gasteiger partial charge in [-0.3, -0.25) is 4.79 Å². The Labute approximate surface area is 155 Å². The summed E-state index contributed by atoms with van der Waals surface area (Å²) in [6.07, 6.45) is 12.9. The van der Waals surface area contributed by atoms with Gasteiger partial charge in [-0.15, -0.1) is 0 Å². The SMILES string of the molecule is Nc1nccc(N2CC[C@H]3[C@H](CCC(=O)N3CCC3=CCCCC3)C2)n1. The number of hydrogen-bond donors (Lipinski definition) is 1. The maximum atomic E-state index is 12.6. The van der Waals surface area contributed by atoms with Crippen LogP contribution in [0.5, 0.6) is 0 Å². The number of piperidine rings is 2. The molecular formula is C20H29N5O. The first-order valence-corrected chi connectivity index (χ1v) is 10.0.